The lowest BCUT2D eigenvalue weighted by Crippen LogP contribution is -2.45. The summed E-state index contributed by atoms with van der Waals surface area (Å²) >= 11 is 3.15. The van der Waals surface area contributed by atoms with Gasteiger partial charge in [0.25, 0.3) is 11.8 Å². The number of anilines is 1. The Labute approximate surface area is 240 Å². The van der Waals surface area contributed by atoms with Crippen LogP contribution in [0.4, 0.5) is 5.82 Å². The van der Waals surface area contributed by atoms with Crippen molar-refractivity contribution in [2.24, 2.45) is 0 Å². The van der Waals surface area contributed by atoms with Crippen molar-refractivity contribution in [2.75, 3.05) is 58.3 Å². The number of nitrogens with zero attached hydrogens (tertiary/aromatic N) is 5. The van der Waals surface area contributed by atoms with Gasteiger partial charge in [-0.1, -0.05) is 6.07 Å². The minimum absolute atomic E-state index is 0.257. The first-order valence-corrected chi connectivity index (χ1v) is 14.9. The van der Waals surface area contributed by atoms with Crippen LogP contribution in [-0.2, 0) is 9.59 Å². The third-order valence-corrected chi connectivity index (χ3v) is 9.42. The summed E-state index contributed by atoms with van der Waals surface area (Å²) in [7, 11) is 3.92. The molecule has 3 aromatic heterocycles. The van der Waals surface area contributed by atoms with Gasteiger partial charge in [-0.3, -0.25) is 19.8 Å². The van der Waals surface area contributed by atoms with Gasteiger partial charge in [0, 0.05) is 50.7 Å². The number of hydrogen-bond donors (Lipinski definition) is 1. The van der Waals surface area contributed by atoms with Crippen molar-refractivity contribution in [2.45, 2.75) is 6.92 Å². The van der Waals surface area contributed by atoms with Crippen LogP contribution in [0.15, 0.2) is 53.6 Å². The summed E-state index contributed by atoms with van der Waals surface area (Å²) in [4.78, 5) is 43.5. The van der Waals surface area contributed by atoms with Crippen LogP contribution in [0.2, 0.25) is 0 Å². The number of benzene rings is 1. The van der Waals surface area contributed by atoms with Crippen LogP contribution in [0.25, 0.3) is 31.4 Å². The van der Waals surface area contributed by atoms with E-state index >= 15 is 0 Å². The van der Waals surface area contributed by atoms with E-state index in [0.717, 1.165) is 69.6 Å². The highest BCUT2D eigenvalue weighted by Gasteiger charge is 2.29. The van der Waals surface area contributed by atoms with Gasteiger partial charge in [0.05, 0.1) is 10.3 Å². The average Bonchev–Trinajstić information content (AvgIpc) is 3.69. The molecule has 0 atom stereocenters. The fraction of sp³-hybridized carbons (Fsp3) is 0.310. The number of fused-ring (bicyclic) bond motifs is 1. The predicted octanol–water partition coefficient (Wildman–Crippen LogP) is 4.00. The van der Waals surface area contributed by atoms with Gasteiger partial charge in [-0.05, 0) is 60.8 Å². The minimum Gasteiger partial charge on any atom is -0.492 e. The number of carbonyl (C=O) groups is 2. The molecular formula is C29H30N6O3S2. The van der Waals surface area contributed by atoms with Crippen molar-refractivity contribution < 1.29 is 14.3 Å². The van der Waals surface area contributed by atoms with E-state index in [-0.39, 0.29) is 5.70 Å². The fourth-order valence-electron chi connectivity index (χ4n) is 4.98. The number of ether oxygens (including phenoxy) is 1. The van der Waals surface area contributed by atoms with Crippen LogP contribution < -0.4 is 15.0 Å². The molecule has 0 aliphatic carbocycles. The number of imide groups is 1. The maximum Gasteiger partial charge on any atom is 0.274 e. The van der Waals surface area contributed by atoms with E-state index in [1.165, 1.54) is 6.08 Å². The Morgan fingerprint density at radius 3 is 2.52 bits per heavy atom. The van der Waals surface area contributed by atoms with Gasteiger partial charge in [-0.2, -0.15) is 0 Å². The van der Waals surface area contributed by atoms with Crippen molar-refractivity contribution in [1.82, 2.24) is 25.1 Å². The van der Waals surface area contributed by atoms with Gasteiger partial charge in [0.1, 0.15) is 28.7 Å². The van der Waals surface area contributed by atoms with E-state index in [9.17, 15) is 9.59 Å². The van der Waals surface area contributed by atoms with Crippen LogP contribution in [0.5, 0.6) is 5.75 Å². The molecule has 2 aliphatic rings. The topological polar surface area (TPSA) is 90.9 Å². The zero-order valence-electron chi connectivity index (χ0n) is 22.6. The van der Waals surface area contributed by atoms with E-state index in [1.54, 1.807) is 34.6 Å². The van der Waals surface area contributed by atoms with Gasteiger partial charge in [0.2, 0.25) is 0 Å². The lowest BCUT2D eigenvalue weighted by Gasteiger charge is -2.32. The standard InChI is InChI=1S/C29H30N6O3S2/c1-18-24-27(34(3)21-17-23(36)30-28(21)37)31-26(22-5-4-16-39-22)32-29(24)40-25(18)19-6-8-20(9-7-19)38-15-14-35-12-10-33(2)11-13-35/h4-9,16-17H,10-15H2,1-3H3,(H,30,36,37). The van der Waals surface area contributed by atoms with E-state index in [2.05, 4.69) is 34.3 Å². The monoisotopic (exact) mass is 574 g/mol. The van der Waals surface area contributed by atoms with E-state index in [4.69, 9.17) is 14.7 Å². The molecule has 1 fully saturated rings. The third-order valence-electron chi connectivity index (χ3n) is 7.32. The highest BCUT2D eigenvalue weighted by Crippen LogP contribution is 2.43. The second-order valence-corrected chi connectivity index (χ2v) is 12.0. The van der Waals surface area contributed by atoms with Crippen LogP contribution in [-0.4, -0.2) is 85.0 Å². The number of piperazine rings is 1. The molecule has 1 saturated heterocycles. The first kappa shape index (κ1) is 26.6. The molecular weight excluding hydrogens is 544 g/mol. The Bertz CT molecular complexity index is 1590. The van der Waals surface area contributed by atoms with Crippen LogP contribution in [0.3, 0.4) is 0 Å². The van der Waals surface area contributed by atoms with Gasteiger partial charge >= 0.3 is 0 Å². The summed E-state index contributed by atoms with van der Waals surface area (Å²) in [5.41, 5.74) is 2.34. The number of thiophene rings is 2. The first-order chi connectivity index (χ1) is 19.4. The summed E-state index contributed by atoms with van der Waals surface area (Å²) in [6.07, 6.45) is 1.31. The van der Waals surface area contributed by atoms with Crippen LogP contribution >= 0.6 is 22.7 Å². The summed E-state index contributed by atoms with van der Waals surface area (Å²) in [5.74, 6) is 1.16. The molecule has 9 nitrogen and oxygen atoms in total. The van der Waals surface area contributed by atoms with Gasteiger partial charge in [-0.25, -0.2) is 9.97 Å². The highest BCUT2D eigenvalue weighted by molar-refractivity contribution is 7.22. The van der Waals surface area contributed by atoms with Crippen molar-refractivity contribution in [3.63, 3.8) is 0 Å². The smallest absolute Gasteiger partial charge is 0.274 e. The summed E-state index contributed by atoms with van der Waals surface area (Å²) < 4.78 is 6.05. The Hall–Kier alpha value is -3.64. The molecule has 0 radical (unpaired) electrons. The number of aryl methyl sites for hydroxylation is 1. The lowest BCUT2D eigenvalue weighted by molar-refractivity contribution is -0.123. The largest absolute Gasteiger partial charge is 0.492 e. The molecule has 0 spiro atoms. The van der Waals surface area contributed by atoms with Gasteiger partial charge in [-0.15, -0.1) is 22.7 Å². The number of aromatic nitrogens is 2. The fourth-order valence-corrected chi connectivity index (χ4v) is 6.82. The zero-order chi connectivity index (χ0) is 27.8. The summed E-state index contributed by atoms with van der Waals surface area (Å²) in [6.45, 7) is 7.99. The zero-order valence-corrected chi connectivity index (χ0v) is 24.3. The molecule has 5 heterocycles. The SMILES string of the molecule is Cc1c(-c2ccc(OCCN3CCN(C)CC3)cc2)sc2nc(-c3cccs3)nc(N(C)C3=CC(=O)NC3=O)c12. The van der Waals surface area contributed by atoms with Gasteiger partial charge in [0.15, 0.2) is 5.82 Å². The van der Waals surface area contributed by atoms with Crippen molar-refractivity contribution in [3.05, 3.63) is 59.1 Å². The lowest BCUT2D eigenvalue weighted by atomic mass is 10.1. The number of amides is 2. The Kier molecular flexibility index (Phi) is 7.37. The third kappa shape index (κ3) is 5.25. The van der Waals surface area contributed by atoms with E-state index in [1.807, 2.05) is 36.6 Å². The number of likely N-dealkylation sites (N-methyl/N-ethyl adjacent to an activating group) is 2. The Morgan fingerprint density at radius 1 is 1.07 bits per heavy atom. The number of nitrogens with one attached hydrogen (secondary N) is 1. The molecule has 40 heavy (non-hydrogen) atoms. The molecule has 0 saturated carbocycles. The molecule has 6 rings (SSSR count). The van der Waals surface area contributed by atoms with E-state index < -0.39 is 11.8 Å². The maximum absolute atomic E-state index is 12.5. The van der Waals surface area contributed by atoms with E-state index in [0.29, 0.717) is 18.2 Å². The normalized spacial score (nSPS) is 16.4. The summed E-state index contributed by atoms with van der Waals surface area (Å²) in [5, 5.41) is 5.17. The quantitative estimate of drug-likeness (QED) is 0.316. The summed E-state index contributed by atoms with van der Waals surface area (Å²) in [6, 6.07) is 12.1. The molecule has 0 unspecified atom stereocenters. The average molecular weight is 575 g/mol. The molecule has 0 bridgehead atoms. The molecule has 1 N–H and O–H groups in total. The number of carbonyl (C=O) groups excluding carboxylic acids is 2. The van der Waals surface area contributed by atoms with Crippen LogP contribution in [0, 0.1) is 6.92 Å². The molecule has 2 aliphatic heterocycles. The molecule has 2 amide bonds. The highest BCUT2D eigenvalue weighted by atomic mass is 32.1. The minimum atomic E-state index is -0.437. The second kappa shape index (κ2) is 11.1. The van der Waals surface area contributed by atoms with Crippen LogP contribution in [0.1, 0.15) is 5.56 Å². The molecule has 11 heteroatoms. The van der Waals surface area contributed by atoms with Gasteiger partial charge < -0.3 is 14.5 Å². The number of hydrogen-bond acceptors (Lipinski definition) is 10. The predicted molar refractivity (Wildman–Crippen MR) is 160 cm³/mol. The molecule has 4 aromatic rings. The second-order valence-electron chi connectivity index (χ2n) is 10.0. The number of rotatable bonds is 8. The first-order valence-electron chi connectivity index (χ1n) is 13.2. The molecule has 1 aromatic carbocycles. The Morgan fingerprint density at radius 2 is 1.85 bits per heavy atom. The molecule has 206 valence electrons. The Balaban J connectivity index is 1.29. The van der Waals surface area contributed by atoms with Crippen molar-refractivity contribution in [3.8, 4) is 26.9 Å². The van der Waals surface area contributed by atoms with Crippen molar-refractivity contribution in [1.29, 1.82) is 0 Å². The maximum atomic E-state index is 12.5. The van der Waals surface area contributed by atoms with Crippen molar-refractivity contribution >= 4 is 50.5 Å².